The number of H-pyrrole nitrogens is 1. The smallest absolute Gasteiger partial charge is 0.270 e. The van der Waals surface area contributed by atoms with Gasteiger partial charge in [-0.2, -0.15) is 0 Å². The summed E-state index contributed by atoms with van der Waals surface area (Å²) < 4.78 is 15.7. The highest BCUT2D eigenvalue weighted by molar-refractivity contribution is 9.10. The molecule has 1 fully saturated rings. The van der Waals surface area contributed by atoms with Crippen molar-refractivity contribution in [3.8, 4) is 11.1 Å². The van der Waals surface area contributed by atoms with E-state index in [4.69, 9.17) is 4.98 Å². The summed E-state index contributed by atoms with van der Waals surface area (Å²) in [6.45, 7) is 2.62. The summed E-state index contributed by atoms with van der Waals surface area (Å²) in [5.74, 6) is 0.353. The molecular formula is C22H18BrFN4OS. The fourth-order valence-electron chi connectivity index (χ4n) is 3.79. The van der Waals surface area contributed by atoms with E-state index in [0.29, 0.717) is 48.0 Å². The Morgan fingerprint density at radius 1 is 1.03 bits per heavy atom. The van der Waals surface area contributed by atoms with E-state index in [1.807, 2.05) is 40.6 Å². The van der Waals surface area contributed by atoms with Crippen LogP contribution in [0.4, 0.5) is 16.0 Å². The van der Waals surface area contributed by atoms with Crippen LogP contribution in [-0.2, 0) is 0 Å². The number of aromatic amines is 1. The first-order valence-electron chi connectivity index (χ1n) is 9.62. The molecule has 2 aromatic heterocycles. The molecule has 1 saturated heterocycles. The van der Waals surface area contributed by atoms with Crippen molar-refractivity contribution >= 4 is 49.1 Å². The van der Waals surface area contributed by atoms with Crippen LogP contribution in [-0.4, -0.2) is 36.1 Å². The summed E-state index contributed by atoms with van der Waals surface area (Å²) in [6.07, 6.45) is 0. The second-order valence-corrected chi connectivity index (χ2v) is 8.95. The number of rotatable bonds is 3. The quantitative estimate of drug-likeness (QED) is 0.450. The molecule has 0 bridgehead atoms. The fourth-order valence-corrected chi connectivity index (χ4v) is 5.10. The summed E-state index contributed by atoms with van der Waals surface area (Å²) in [6, 6.07) is 14.8. The number of halogens is 2. The lowest BCUT2D eigenvalue weighted by atomic mass is 10.1. The number of piperazine rings is 1. The number of fused-ring (bicyclic) bond motifs is 1. The zero-order valence-electron chi connectivity index (χ0n) is 15.9. The Bertz CT molecular complexity index is 1280. The first-order chi connectivity index (χ1) is 14.6. The monoisotopic (exact) mass is 484 g/mol. The SMILES string of the molecule is O=c1[nH]c(N2CCN(c3ccccc3F)CC2)nc2c(-c3cccc(Br)c3)csc12. The number of aromatic nitrogens is 2. The molecule has 0 unspecified atom stereocenters. The average molecular weight is 485 g/mol. The van der Waals surface area contributed by atoms with Crippen LogP contribution in [0.1, 0.15) is 0 Å². The Kier molecular flexibility index (Phi) is 5.04. The van der Waals surface area contributed by atoms with Crippen LogP contribution < -0.4 is 15.4 Å². The highest BCUT2D eigenvalue weighted by Gasteiger charge is 2.22. The van der Waals surface area contributed by atoms with E-state index in [-0.39, 0.29) is 11.4 Å². The first-order valence-corrected chi connectivity index (χ1v) is 11.3. The van der Waals surface area contributed by atoms with Gasteiger partial charge in [-0.15, -0.1) is 11.3 Å². The Balaban J connectivity index is 1.45. The molecule has 8 heteroatoms. The molecule has 30 heavy (non-hydrogen) atoms. The summed E-state index contributed by atoms with van der Waals surface area (Å²) in [7, 11) is 0. The molecule has 1 aliphatic rings. The van der Waals surface area contributed by atoms with Crippen LogP contribution in [0, 0.1) is 5.82 Å². The van der Waals surface area contributed by atoms with E-state index in [1.165, 1.54) is 17.4 Å². The van der Waals surface area contributed by atoms with E-state index in [1.54, 1.807) is 12.1 Å². The van der Waals surface area contributed by atoms with Gasteiger partial charge in [0, 0.05) is 41.6 Å². The molecule has 4 aromatic rings. The van der Waals surface area contributed by atoms with Crippen molar-refractivity contribution < 1.29 is 4.39 Å². The van der Waals surface area contributed by atoms with Gasteiger partial charge in [0.25, 0.3) is 5.56 Å². The van der Waals surface area contributed by atoms with Gasteiger partial charge in [-0.1, -0.05) is 40.2 Å². The third-order valence-electron chi connectivity index (χ3n) is 5.32. The average Bonchev–Trinajstić information content (AvgIpc) is 3.19. The highest BCUT2D eigenvalue weighted by Crippen LogP contribution is 2.33. The van der Waals surface area contributed by atoms with Gasteiger partial charge in [-0.05, 0) is 29.8 Å². The molecule has 3 heterocycles. The predicted octanol–water partition coefficient (Wildman–Crippen LogP) is 4.88. The Morgan fingerprint density at radius 3 is 2.57 bits per heavy atom. The van der Waals surface area contributed by atoms with Gasteiger partial charge in [-0.25, -0.2) is 9.37 Å². The summed E-state index contributed by atoms with van der Waals surface area (Å²) in [4.78, 5) is 24.5. The number of nitrogens with one attached hydrogen (secondary N) is 1. The molecule has 152 valence electrons. The molecule has 0 radical (unpaired) electrons. The van der Waals surface area contributed by atoms with Crippen LogP contribution in [0.2, 0.25) is 0 Å². The first kappa shape index (κ1) is 19.3. The van der Waals surface area contributed by atoms with E-state index in [9.17, 15) is 9.18 Å². The normalized spacial score (nSPS) is 14.5. The van der Waals surface area contributed by atoms with Crippen LogP contribution in [0.25, 0.3) is 21.3 Å². The maximum Gasteiger partial charge on any atom is 0.270 e. The maximum absolute atomic E-state index is 14.1. The Hall–Kier alpha value is -2.71. The summed E-state index contributed by atoms with van der Waals surface area (Å²) >= 11 is 4.91. The lowest BCUT2D eigenvalue weighted by Gasteiger charge is -2.36. The second kappa shape index (κ2) is 7.85. The van der Waals surface area contributed by atoms with Gasteiger partial charge < -0.3 is 9.80 Å². The van der Waals surface area contributed by atoms with Gasteiger partial charge in [0.2, 0.25) is 5.95 Å². The molecule has 0 aliphatic carbocycles. The van der Waals surface area contributed by atoms with E-state index >= 15 is 0 Å². The number of anilines is 2. The maximum atomic E-state index is 14.1. The van der Waals surface area contributed by atoms with Crippen molar-refractivity contribution in [2.75, 3.05) is 36.0 Å². The van der Waals surface area contributed by atoms with Crippen LogP contribution in [0.3, 0.4) is 0 Å². The Morgan fingerprint density at radius 2 is 1.80 bits per heavy atom. The number of benzene rings is 2. The minimum absolute atomic E-state index is 0.127. The summed E-state index contributed by atoms with van der Waals surface area (Å²) in [5, 5.41) is 1.98. The van der Waals surface area contributed by atoms with Crippen molar-refractivity contribution in [3.63, 3.8) is 0 Å². The molecule has 0 atom stereocenters. The van der Waals surface area contributed by atoms with Crippen LogP contribution in [0.5, 0.6) is 0 Å². The van der Waals surface area contributed by atoms with E-state index in [2.05, 4.69) is 25.8 Å². The van der Waals surface area contributed by atoms with E-state index < -0.39 is 0 Å². The van der Waals surface area contributed by atoms with Gasteiger partial charge in [0.15, 0.2) is 0 Å². The molecule has 2 aromatic carbocycles. The van der Waals surface area contributed by atoms with Gasteiger partial charge in [0.1, 0.15) is 10.5 Å². The lowest BCUT2D eigenvalue weighted by molar-refractivity contribution is 0.594. The molecule has 0 spiro atoms. The minimum Gasteiger partial charge on any atom is -0.366 e. The zero-order valence-corrected chi connectivity index (χ0v) is 18.3. The number of hydrogen-bond acceptors (Lipinski definition) is 5. The molecular weight excluding hydrogens is 467 g/mol. The second-order valence-electron chi connectivity index (χ2n) is 7.15. The lowest BCUT2D eigenvalue weighted by Crippen LogP contribution is -2.47. The third-order valence-corrected chi connectivity index (χ3v) is 6.78. The molecule has 5 rings (SSSR count). The van der Waals surface area contributed by atoms with Crippen LogP contribution >= 0.6 is 27.3 Å². The molecule has 1 N–H and O–H groups in total. The molecule has 1 aliphatic heterocycles. The van der Waals surface area contributed by atoms with E-state index in [0.717, 1.165) is 15.6 Å². The highest BCUT2D eigenvalue weighted by atomic mass is 79.9. The van der Waals surface area contributed by atoms with Crippen molar-refractivity contribution in [1.29, 1.82) is 0 Å². The Labute approximate surface area is 184 Å². The van der Waals surface area contributed by atoms with Gasteiger partial charge in [0.05, 0.1) is 11.2 Å². The van der Waals surface area contributed by atoms with Gasteiger partial charge >= 0.3 is 0 Å². The third kappa shape index (κ3) is 3.50. The molecule has 5 nitrogen and oxygen atoms in total. The fraction of sp³-hybridized carbons (Fsp3) is 0.182. The topological polar surface area (TPSA) is 52.2 Å². The standard InChI is InChI=1S/C22H18BrFN4OS/c23-15-5-3-4-14(12-15)16-13-30-20-19(16)25-22(26-21(20)29)28-10-8-27(9-11-28)18-7-2-1-6-17(18)24/h1-7,12-13H,8-11H2,(H,25,26,29). The minimum atomic E-state index is -0.212. The molecule has 0 saturated carbocycles. The zero-order chi connectivity index (χ0) is 20.7. The predicted molar refractivity (Wildman–Crippen MR) is 124 cm³/mol. The summed E-state index contributed by atoms with van der Waals surface area (Å²) in [5.41, 5.74) is 3.17. The number of hydrogen-bond donors (Lipinski definition) is 1. The van der Waals surface area contributed by atoms with Crippen molar-refractivity contribution in [3.05, 3.63) is 74.6 Å². The molecule has 0 amide bonds. The van der Waals surface area contributed by atoms with Gasteiger partial charge in [-0.3, -0.25) is 9.78 Å². The number of thiophene rings is 1. The van der Waals surface area contributed by atoms with Crippen molar-refractivity contribution in [2.24, 2.45) is 0 Å². The van der Waals surface area contributed by atoms with Crippen LogP contribution in [0.15, 0.2) is 63.2 Å². The van der Waals surface area contributed by atoms with Crippen molar-refractivity contribution in [2.45, 2.75) is 0 Å². The number of nitrogens with zero attached hydrogens (tertiary/aromatic N) is 3. The van der Waals surface area contributed by atoms with Crippen molar-refractivity contribution in [1.82, 2.24) is 9.97 Å². The number of para-hydroxylation sites is 1. The largest absolute Gasteiger partial charge is 0.366 e.